The lowest BCUT2D eigenvalue weighted by atomic mass is 10.2. The van der Waals surface area contributed by atoms with E-state index in [-0.39, 0.29) is 0 Å². The van der Waals surface area contributed by atoms with E-state index >= 15 is 0 Å². The van der Waals surface area contributed by atoms with Gasteiger partial charge >= 0.3 is 0 Å². The number of nitrogens with one attached hydrogen (secondary N) is 1. The molecule has 0 amide bonds. The topological polar surface area (TPSA) is 54.7 Å². The van der Waals surface area contributed by atoms with Crippen LogP contribution < -0.4 is 5.73 Å². The Morgan fingerprint density at radius 2 is 2.42 bits per heavy atom. The molecule has 0 spiro atoms. The van der Waals surface area contributed by atoms with Gasteiger partial charge in [-0.3, -0.25) is 5.10 Å². The van der Waals surface area contributed by atoms with E-state index in [0.717, 1.165) is 18.5 Å². The number of hydrogen-bond acceptors (Lipinski definition) is 2. The van der Waals surface area contributed by atoms with Crippen molar-refractivity contribution in [1.29, 1.82) is 0 Å². The van der Waals surface area contributed by atoms with E-state index in [1.54, 1.807) is 0 Å². The molecule has 1 aromatic heterocycles. The van der Waals surface area contributed by atoms with Gasteiger partial charge in [0, 0.05) is 17.8 Å². The lowest BCUT2D eigenvalue weighted by Crippen LogP contribution is -1.92. The Labute approximate surface area is 71.7 Å². The van der Waals surface area contributed by atoms with E-state index in [1.165, 1.54) is 17.7 Å². The molecule has 0 aliphatic heterocycles. The van der Waals surface area contributed by atoms with Gasteiger partial charge in [-0.2, -0.15) is 5.10 Å². The molecule has 1 heterocycles. The third-order valence-corrected chi connectivity index (χ3v) is 2.25. The first-order valence-corrected chi connectivity index (χ1v) is 4.34. The number of fused-ring (bicyclic) bond motifs is 1. The fraction of sp³-hybridized carbons (Fsp3) is 0.444. The van der Waals surface area contributed by atoms with Gasteiger partial charge in [-0.25, -0.2) is 0 Å². The van der Waals surface area contributed by atoms with Crippen molar-refractivity contribution in [2.75, 3.05) is 6.54 Å². The van der Waals surface area contributed by atoms with Crippen LogP contribution in [-0.2, 0) is 12.8 Å². The van der Waals surface area contributed by atoms with Gasteiger partial charge in [0.1, 0.15) is 0 Å². The standard InChI is InChI=1S/C9H13N3/c10-6-2-5-9-7-3-1-4-8(7)11-12-9/h2,5H,1,3-4,6,10H2,(H,11,12)/b5-2+. The van der Waals surface area contributed by atoms with Crippen molar-refractivity contribution in [3.63, 3.8) is 0 Å². The molecule has 3 heteroatoms. The molecule has 1 aliphatic carbocycles. The van der Waals surface area contributed by atoms with Crippen LogP contribution in [0.3, 0.4) is 0 Å². The maximum absolute atomic E-state index is 5.37. The molecule has 0 fully saturated rings. The number of aromatic amines is 1. The van der Waals surface area contributed by atoms with Gasteiger partial charge in [-0.1, -0.05) is 6.08 Å². The number of nitrogens with zero attached hydrogens (tertiary/aromatic N) is 1. The predicted molar refractivity (Wildman–Crippen MR) is 48.7 cm³/mol. The van der Waals surface area contributed by atoms with E-state index in [2.05, 4.69) is 10.2 Å². The first kappa shape index (κ1) is 7.55. The highest BCUT2D eigenvalue weighted by molar-refractivity contribution is 5.51. The van der Waals surface area contributed by atoms with Crippen LogP contribution >= 0.6 is 0 Å². The summed E-state index contributed by atoms with van der Waals surface area (Å²) in [5.41, 5.74) is 9.14. The molecule has 0 radical (unpaired) electrons. The number of aryl methyl sites for hydroxylation is 1. The van der Waals surface area contributed by atoms with Crippen molar-refractivity contribution in [3.05, 3.63) is 23.0 Å². The summed E-state index contributed by atoms with van der Waals surface area (Å²) in [4.78, 5) is 0. The Balaban J connectivity index is 2.27. The molecule has 0 aromatic carbocycles. The van der Waals surface area contributed by atoms with Crippen LogP contribution in [0.15, 0.2) is 6.08 Å². The summed E-state index contributed by atoms with van der Waals surface area (Å²) in [6.07, 6.45) is 7.51. The minimum absolute atomic E-state index is 0.585. The first-order valence-electron chi connectivity index (χ1n) is 4.34. The normalized spacial score (nSPS) is 15.8. The second-order valence-corrected chi connectivity index (χ2v) is 3.06. The molecular formula is C9H13N3. The summed E-state index contributed by atoms with van der Waals surface area (Å²) < 4.78 is 0. The largest absolute Gasteiger partial charge is 0.327 e. The Kier molecular flexibility index (Phi) is 1.96. The molecule has 2 rings (SSSR count). The number of H-pyrrole nitrogens is 1. The van der Waals surface area contributed by atoms with E-state index in [9.17, 15) is 0 Å². The molecule has 0 saturated carbocycles. The zero-order chi connectivity index (χ0) is 8.39. The van der Waals surface area contributed by atoms with Gasteiger partial charge in [-0.15, -0.1) is 0 Å². The lowest BCUT2D eigenvalue weighted by Gasteiger charge is -1.89. The highest BCUT2D eigenvalue weighted by Gasteiger charge is 2.15. The van der Waals surface area contributed by atoms with Crippen LogP contribution in [0.2, 0.25) is 0 Å². The predicted octanol–water partition coefficient (Wildman–Crippen LogP) is 0.870. The third-order valence-electron chi connectivity index (χ3n) is 2.25. The lowest BCUT2D eigenvalue weighted by molar-refractivity contribution is 0.862. The van der Waals surface area contributed by atoms with Crippen LogP contribution in [-0.4, -0.2) is 16.7 Å². The molecule has 3 nitrogen and oxygen atoms in total. The minimum atomic E-state index is 0.585. The average molecular weight is 163 g/mol. The highest BCUT2D eigenvalue weighted by Crippen LogP contribution is 2.23. The Bertz CT molecular complexity index is 299. The fourth-order valence-corrected chi connectivity index (χ4v) is 1.66. The van der Waals surface area contributed by atoms with Crippen LogP contribution in [0.25, 0.3) is 6.08 Å². The smallest absolute Gasteiger partial charge is 0.0880 e. The van der Waals surface area contributed by atoms with Crippen molar-refractivity contribution in [1.82, 2.24) is 10.2 Å². The van der Waals surface area contributed by atoms with Crippen molar-refractivity contribution < 1.29 is 0 Å². The van der Waals surface area contributed by atoms with Crippen molar-refractivity contribution in [2.24, 2.45) is 5.73 Å². The molecular weight excluding hydrogens is 150 g/mol. The van der Waals surface area contributed by atoms with Gasteiger partial charge in [0.2, 0.25) is 0 Å². The molecule has 12 heavy (non-hydrogen) atoms. The Morgan fingerprint density at radius 3 is 3.25 bits per heavy atom. The summed E-state index contributed by atoms with van der Waals surface area (Å²) >= 11 is 0. The highest BCUT2D eigenvalue weighted by atomic mass is 15.1. The van der Waals surface area contributed by atoms with Gasteiger partial charge in [-0.05, 0) is 25.3 Å². The number of nitrogens with two attached hydrogens (primary N) is 1. The van der Waals surface area contributed by atoms with Crippen LogP contribution in [0.1, 0.15) is 23.4 Å². The van der Waals surface area contributed by atoms with Gasteiger partial charge in [0.05, 0.1) is 5.69 Å². The maximum atomic E-state index is 5.37. The molecule has 0 saturated heterocycles. The van der Waals surface area contributed by atoms with Crippen molar-refractivity contribution >= 4 is 6.08 Å². The van der Waals surface area contributed by atoms with Crippen molar-refractivity contribution in [2.45, 2.75) is 19.3 Å². The molecule has 1 aliphatic rings. The molecule has 3 N–H and O–H groups in total. The summed E-state index contributed by atoms with van der Waals surface area (Å²) in [7, 11) is 0. The van der Waals surface area contributed by atoms with Gasteiger partial charge in [0.25, 0.3) is 0 Å². The molecule has 1 aromatic rings. The molecule has 64 valence electrons. The number of aromatic nitrogens is 2. The van der Waals surface area contributed by atoms with Crippen LogP contribution in [0, 0.1) is 0 Å². The quantitative estimate of drug-likeness (QED) is 0.679. The third kappa shape index (κ3) is 1.16. The minimum Gasteiger partial charge on any atom is -0.327 e. The molecule has 0 bridgehead atoms. The van der Waals surface area contributed by atoms with Crippen molar-refractivity contribution in [3.8, 4) is 0 Å². The number of rotatable bonds is 2. The zero-order valence-electron chi connectivity index (χ0n) is 7.01. The number of hydrogen-bond donors (Lipinski definition) is 2. The molecule has 0 unspecified atom stereocenters. The Hall–Kier alpha value is -1.09. The second-order valence-electron chi connectivity index (χ2n) is 3.06. The van der Waals surface area contributed by atoms with E-state index < -0.39 is 0 Å². The maximum Gasteiger partial charge on any atom is 0.0880 e. The summed E-state index contributed by atoms with van der Waals surface area (Å²) in [6, 6.07) is 0. The average Bonchev–Trinajstić information content (AvgIpc) is 2.62. The summed E-state index contributed by atoms with van der Waals surface area (Å²) in [5, 5.41) is 7.26. The van der Waals surface area contributed by atoms with E-state index in [4.69, 9.17) is 5.73 Å². The van der Waals surface area contributed by atoms with Gasteiger partial charge in [0.15, 0.2) is 0 Å². The van der Waals surface area contributed by atoms with Gasteiger partial charge < -0.3 is 5.73 Å². The fourth-order valence-electron chi connectivity index (χ4n) is 1.66. The summed E-state index contributed by atoms with van der Waals surface area (Å²) in [6.45, 7) is 0.585. The van der Waals surface area contributed by atoms with E-state index in [1.807, 2.05) is 12.2 Å². The van der Waals surface area contributed by atoms with Crippen LogP contribution in [0.5, 0.6) is 0 Å². The zero-order valence-corrected chi connectivity index (χ0v) is 7.01. The monoisotopic (exact) mass is 163 g/mol. The SMILES string of the molecule is NC/C=C/c1n[nH]c2c1CCC2. The Morgan fingerprint density at radius 1 is 1.50 bits per heavy atom. The summed E-state index contributed by atoms with van der Waals surface area (Å²) in [5.74, 6) is 0. The molecule has 0 atom stereocenters. The second kappa shape index (κ2) is 3.11. The first-order chi connectivity index (χ1) is 5.92. The van der Waals surface area contributed by atoms with E-state index in [0.29, 0.717) is 6.54 Å². The van der Waals surface area contributed by atoms with Crippen LogP contribution in [0.4, 0.5) is 0 Å².